The number of aliphatic carboxylic acids is 1. The fraction of sp³-hybridized carbons (Fsp3) is 0.625. The molecule has 2 saturated heterocycles. The van der Waals surface area contributed by atoms with Crippen molar-refractivity contribution in [2.75, 3.05) is 6.61 Å². The number of aliphatic hydroxyl groups excluding tert-OH is 9. The van der Waals surface area contributed by atoms with E-state index < -0.39 is 128 Å². The topological polar surface area (TPSA) is 337 Å². The van der Waals surface area contributed by atoms with Crippen LogP contribution >= 0.6 is 0 Å². The minimum absolute atomic E-state index is 0.0548. The van der Waals surface area contributed by atoms with Crippen LogP contribution in [0, 0.1) is 17.8 Å². The SMILES string of the molecule is C/C=C/C=C/C(=O)CC(O)CCC(C)C1OC(=O)CC(O)CC(O)CCCC(O)CC(O)CC(O)CC2(O)CC(O)C(C(=O)O)[C@H](CC(OC3OC[C@@H](O)[C@H](N)[C@@H]3O)/C=C/C=C/C=C/C=C\C=C/C=C/C=C/C1C)O2. The lowest BCUT2D eigenvalue weighted by molar-refractivity contribution is -0.305. The van der Waals surface area contributed by atoms with Crippen LogP contribution in [-0.4, -0.2) is 172 Å². The van der Waals surface area contributed by atoms with Crippen molar-refractivity contribution >= 4 is 17.7 Å². The van der Waals surface area contributed by atoms with Gasteiger partial charge in [-0.05, 0) is 70.3 Å². The number of fused-ring (bicyclic) bond motifs is 2. The zero-order valence-corrected chi connectivity index (χ0v) is 43.5. The van der Waals surface area contributed by atoms with Crippen molar-refractivity contribution in [3.05, 3.63) is 109 Å². The van der Waals surface area contributed by atoms with Gasteiger partial charge in [-0.15, -0.1) is 0 Å². The number of hydrogen-bond acceptors (Lipinski definition) is 18. The average molecular weight is 1060 g/mol. The molecule has 3 heterocycles. The highest BCUT2D eigenvalue weighted by molar-refractivity contribution is 5.90. The van der Waals surface area contributed by atoms with Crippen LogP contribution in [0.3, 0.4) is 0 Å². The molecule has 0 aromatic rings. The molecule has 75 heavy (non-hydrogen) atoms. The molecule has 14 unspecified atom stereocenters. The molecule has 18 atom stereocenters. The molecule has 0 saturated carbocycles. The number of rotatable bonds is 11. The lowest BCUT2D eigenvalue weighted by Gasteiger charge is -2.45. The van der Waals surface area contributed by atoms with Gasteiger partial charge in [0.05, 0.1) is 80.1 Å². The second kappa shape index (κ2) is 34.5. The van der Waals surface area contributed by atoms with E-state index in [4.69, 9.17) is 24.7 Å². The molecule has 3 rings (SSSR count). The summed E-state index contributed by atoms with van der Waals surface area (Å²) in [5.74, 6) is -6.73. The molecule has 0 aromatic heterocycles. The van der Waals surface area contributed by atoms with Gasteiger partial charge in [0, 0.05) is 31.6 Å². The monoisotopic (exact) mass is 1060 g/mol. The van der Waals surface area contributed by atoms with Crippen LogP contribution in [-0.2, 0) is 33.3 Å². The van der Waals surface area contributed by atoms with E-state index in [0.29, 0.717) is 6.42 Å². The van der Waals surface area contributed by atoms with Crippen LogP contribution in [0.25, 0.3) is 0 Å². The Kier molecular flexibility index (Phi) is 29.9. The molecule has 2 bridgehead atoms. The first kappa shape index (κ1) is 65.0. The lowest BCUT2D eigenvalue weighted by atomic mass is 9.82. The van der Waals surface area contributed by atoms with Gasteiger partial charge in [0.1, 0.15) is 18.1 Å². The van der Waals surface area contributed by atoms with Gasteiger partial charge >= 0.3 is 11.9 Å². The summed E-state index contributed by atoms with van der Waals surface area (Å²) in [5.41, 5.74) is 5.96. The number of nitrogens with two attached hydrogens (primary N) is 1. The number of ether oxygens (including phenoxy) is 4. The third-order valence-corrected chi connectivity index (χ3v) is 13.3. The third kappa shape index (κ3) is 25.2. The number of carbonyl (C=O) groups excluding carboxylic acids is 2. The molecule has 13 N–H and O–H groups in total. The first-order chi connectivity index (χ1) is 35.6. The third-order valence-electron chi connectivity index (χ3n) is 13.3. The van der Waals surface area contributed by atoms with Gasteiger partial charge in [0.2, 0.25) is 0 Å². The van der Waals surface area contributed by atoms with E-state index in [0.717, 1.165) is 0 Å². The fourth-order valence-corrected chi connectivity index (χ4v) is 9.27. The number of hydrogen-bond donors (Lipinski definition) is 12. The van der Waals surface area contributed by atoms with E-state index in [1.54, 1.807) is 85.1 Å². The zero-order valence-electron chi connectivity index (χ0n) is 43.5. The Hall–Kier alpha value is -4.29. The van der Waals surface area contributed by atoms with E-state index in [1.807, 2.05) is 32.9 Å². The maximum atomic E-state index is 13.2. The van der Waals surface area contributed by atoms with Crippen LogP contribution in [0.5, 0.6) is 0 Å². The van der Waals surface area contributed by atoms with E-state index in [-0.39, 0.29) is 82.0 Å². The molecule has 0 aromatic carbocycles. The van der Waals surface area contributed by atoms with Gasteiger partial charge < -0.3 is 80.9 Å². The summed E-state index contributed by atoms with van der Waals surface area (Å²) in [6.45, 7) is 5.33. The minimum atomic E-state index is -2.28. The quantitative estimate of drug-likeness (QED) is 0.0804. The van der Waals surface area contributed by atoms with Crippen LogP contribution < -0.4 is 5.73 Å². The Morgan fingerprint density at radius 2 is 1.35 bits per heavy atom. The van der Waals surface area contributed by atoms with Crippen molar-refractivity contribution < 1.29 is 89.5 Å². The number of aliphatic hydroxyl groups is 10. The van der Waals surface area contributed by atoms with Crippen molar-refractivity contribution in [3.63, 3.8) is 0 Å². The zero-order chi connectivity index (χ0) is 55.5. The van der Waals surface area contributed by atoms with Gasteiger partial charge in [0.25, 0.3) is 0 Å². The van der Waals surface area contributed by atoms with Crippen LogP contribution in [0.1, 0.15) is 104 Å². The van der Waals surface area contributed by atoms with Gasteiger partial charge in [-0.3, -0.25) is 14.4 Å². The number of allylic oxidation sites excluding steroid dienone is 16. The molecular formula is C56H85NO18. The van der Waals surface area contributed by atoms with E-state index in [1.165, 1.54) is 12.2 Å². The first-order valence-corrected chi connectivity index (χ1v) is 26.1. The molecule has 3 aliphatic rings. The molecule has 0 aliphatic carbocycles. The summed E-state index contributed by atoms with van der Waals surface area (Å²) in [5, 5.41) is 118. The summed E-state index contributed by atoms with van der Waals surface area (Å²) in [7, 11) is 0. The summed E-state index contributed by atoms with van der Waals surface area (Å²) in [6.07, 6.45) is 13.7. The van der Waals surface area contributed by atoms with Crippen LogP contribution in [0.4, 0.5) is 0 Å². The number of ketones is 1. The number of cyclic esters (lactones) is 1. The summed E-state index contributed by atoms with van der Waals surface area (Å²) in [6, 6.07) is -1.13. The Balaban J connectivity index is 1.84. The highest BCUT2D eigenvalue weighted by Crippen LogP contribution is 2.38. The van der Waals surface area contributed by atoms with Crippen molar-refractivity contribution in [2.24, 2.45) is 23.5 Å². The smallest absolute Gasteiger partial charge is 0.311 e. The van der Waals surface area contributed by atoms with Gasteiger partial charge in [0.15, 0.2) is 17.9 Å². The Bertz CT molecular complexity index is 1980. The summed E-state index contributed by atoms with van der Waals surface area (Å²) in [4.78, 5) is 38.0. The molecule has 2 fully saturated rings. The standard InChI is InChI=1S/C56H85NO18/c1-4-5-16-21-38(58)27-41(61)26-25-37(3)53-36(2)20-17-14-12-10-8-6-7-9-11-13-15-18-24-45(73-55-52(68)51(57)47(66)35-72-55)32-48-50(54(69)70)46(65)34-56(71,75-48)33-44(64)30-42(62)28-39(59)22-19-23-40(60)29-43(63)31-49(67)74-53/h4-18,20-21,24,36-37,39-48,50-53,55,59-66,68,71H,19,22-23,25-35,57H2,1-3H3,(H,69,70)/b5-4+,7-6-,10-8-,11-9+,14-12+,15-13+,20-17+,21-16+,24-18+/t36?,37?,39?,40?,41?,42?,43?,44?,45?,46?,47-,48+,50?,51+,52+,53?,55?,56?/m1/s1. The largest absolute Gasteiger partial charge is 0.481 e. The van der Waals surface area contributed by atoms with Crippen LogP contribution in [0.15, 0.2) is 109 Å². The normalized spacial score (nSPS) is 39.1. The Morgan fingerprint density at radius 3 is 1.95 bits per heavy atom. The molecule has 0 radical (unpaired) electrons. The Morgan fingerprint density at radius 1 is 0.773 bits per heavy atom. The number of carbonyl (C=O) groups is 3. The van der Waals surface area contributed by atoms with E-state index in [9.17, 15) is 70.6 Å². The second-order valence-corrected chi connectivity index (χ2v) is 20.1. The molecule has 19 heteroatoms. The summed E-state index contributed by atoms with van der Waals surface area (Å²) >= 11 is 0. The molecule has 0 spiro atoms. The first-order valence-electron chi connectivity index (χ1n) is 26.1. The van der Waals surface area contributed by atoms with Gasteiger partial charge in [-0.25, -0.2) is 0 Å². The van der Waals surface area contributed by atoms with Crippen molar-refractivity contribution in [1.82, 2.24) is 0 Å². The number of carboxylic acids is 1. The predicted octanol–water partition coefficient (Wildman–Crippen LogP) is 2.96. The van der Waals surface area contributed by atoms with Crippen molar-refractivity contribution in [2.45, 2.75) is 196 Å². The van der Waals surface area contributed by atoms with E-state index >= 15 is 0 Å². The Labute approximate surface area is 441 Å². The van der Waals surface area contributed by atoms with Crippen molar-refractivity contribution in [1.29, 1.82) is 0 Å². The molecule has 0 amide bonds. The number of carboxylic acid groups (broad SMARTS) is 1. The van der Waals surface area contributed by atoms with Crippen LogP contribution in [0.2, 0.25) is 0 Å². The minimum Gasteiger partial charge on any atom is -0.481 e. The molecule has 3 aliphatic heterocycles. The fourth-order valence-electron chi connectivity index (χ4n) is 9.27. The molecule has 422 valence electrons. The molecule has 19 nitrogen and oxygen atoms in total. The maximum absolute atomic E-state index is 13.2. The predicted molar refractivity (Wildman–Crippen MR) is 279 cm³/mol. The highest BCUT2D eigenvalue weighted by Gasteiger charge is 2.50. The maximum Gasteiger partial charge on any atom is 0.311 e. The number of esters is 1. The van der Waals surface area contributed by atoms with Gasteiger partial charge in [-0.1, -0.05) is 117 Å². The average Bonchev–Trinajstić information content (AvgIpc) is 3.31. The van der Waals surface area contributed by atoms with E-state index in [2.05, 4.69) is 0 Å². The summed E-state index contributed by atoms with van der Waals surface area (Å²) < 4.78 is 23.4. The lowest BCUT2D eigenvalue weighted by Crippen LogP contribution is -2.59. The van der Waals surface area contributed by atoms with Gasteiger partial charge in [-0.2, -0.15) is 0 Å². The highest BCUT2D eigenvalue weighted by atomic mass is 16.7. The second-order valence-electron chi connectivity index (χ2n) is 20.1. The molecular weight excluding hydrogens is 975 g/mol. The van der Waals surface area contributed by atoms with Crippen molar-refractivity contribution in [3.8, 4) is 0 Å².